The molecule has 0 saturated carbocycles. The van der Waals surface area contributed by atoms with Crippen LogP contribution in [0.1, 0.15) is 29.7 Å². The second-order valence-corrected chi connectivity index (χ2v) is 8.86. The minimum atomic E-state index is -4.61. The van der Waals surface area contributed by atoms with Crippen molar-refractivity contribution in [2.24, 2.45) is 16.7 Å². The fourth-order valence-electron chi connectivity index (χ4n) is 4.76. The van der Waals surface area contributed by atoms with Gasteiger partial charge in [-0.25, -0.2) is 0 Å². The summed E-state index contributed by atoms with van der Waals surface area (Å²) in [7, 11) is 0. The van der Waals surface area contributed by atoms with Crippen LogP contribution < -0.4 is 0 Å². The third-order valence-electron chi connectivity index (χ3n) is 6.52. The second-order valence-electron chi connectivity index (χ2n) is 8.01. The van der Waals surface area contributed by atoms with Crippen LogP contribution in [0.15, 0.2) is 42.5 Å². The van der Waals surface area contributed by atoms with Crippen molar-refractivity contribution >= 4 is 29.1 Å². The van der Waals surface area contributed by atoms with Crippen LogP contribution >= 0.6 is 23.2 Å². The summed E-state index contributed by atoms with van der Waals surface area (Å²) in [5.41, 5.74) is -5.18. The van der Waals surface area contributed by atoms with Crippen molar-refractivity contribution < 1.29 is 22.6 Å². The largest absolute Gasteiger partial charge is 0.443 e. The number of alkyl halides is 3. The number of hydrogen-bond donors (Lipinski definition) is 1. The molecule has 4 rings (SSSR count). The van der Waals surface area contributed by atoms with E-state index in [4.69, 9.17) is 38.1 Å². The maximum Gasteiger partial charge on any atom is 0.416 e. The Balaban J connectivity index is 2.01. The van der Waals surface area contributed by atoms with E-state index >= 15 is 0 Å². The number of benzene rings is 2. The molecule has 4 atom stereocenters. The second kappa shape index (κ2) is 7.61. The molecule has 2 aliphatic rings. The van der Waals surface area contributed by atoms with E-state index in [0.29, 0.717) is 0 Å². The number of nitrogens with zero attached hydrogens (tertiary/aromatic N) is 3. The number of fused-ring (bicyclic) bond motifs is 2. The Bertz CT molecular complexity index is 1310. The van der Waals surface area contributed by atoms with Crippen molar-refractivity contribution in [1.29, 1.82) is 21.2 Å². The van der Waals surface area contributed by atoms with Gasteiger partial charge in [0.05, 0.1) is 34.7 Å². The summed E-state index contributed by atoms with van der Waals surface area (Å²) in [5.74, 6) is -3.65. The van der Waals surface area contributed by atoms with Crippen LogP contribution in [-0.4, -0.2) is 5.90 Å². The average Bonchev–Trinajstić information content (AvgIpc) is 2.95. The predicted octanol–water partition coefficient (Wildman–Crippen LogP) is 6.12. The molecule has 1 N–H and O–H groups in total. The lowest BCUT2D eigenvalue weighted by molar-refractivity contribution is -0.288. The number of ether oxygens (including phenoxy) is 2. The molecule has 4 unspecified atom stereocenters. The van der Waals surface area contributed by atoms with Gasteiger partial charge in [-0.3, -0.25) is 5.41 Å². The molecule has 11 heteroatoms. The lowest BCUT2D eigenvalue weighted by Crippen LogP contribution is -2.57. The molecule has 0 spiro atoms. The fraction of sp³-hybridized carbons (Fsp3) is 0.304. The molecule has 2 saturated heterocycles. The zero-order valence-electron chi connectivity index (χ0n) is 17.2. The Morgan fingerprint density at radius 1 is 1.00 bits per heavy atom. The Morgan fingerprint density at radius 2 is 1.62 bits per heavy atom. The van der Waals surface area contributed by atoms with Crippen LogP contribution in [0.2, 0.25) is 10.0 Å². The molecular weight excluding hydrogens is 492 g/mol. The standard InChI is InChI=1S/C23H13Cl2F3N4O2/c1-12-21(11-31)19(32)34-22(12,16-7-6-15(24)8-17(16)25)33-18(20(21,9-29)10-30)13-2-4-14(5-3-13)23(26,27)28/h2-8,12,18,32H,1H3. The zero-order chi connectivity index (χ0) is 25.1. The van der Waals surface area contributed by atoms with E-state index < -0.39 is 46.3 Å². The number of hydrogen-bond acceptors (Lipinski definition) is 6. The van der Waals surface area contributed by atoms with Crippen molar-refractivity contribution in [3.63, 3.8) is 0 Å². The molecular formula is C23H13Cl2F3N4O2. The molecule has 0 amide bonds. The number of nitrogens with one attached hydrogen (secondary N) is 1. The van der Waals surface area contributed by atoms with Crippen LogP contribution in [0.4, 0.5) is 13.2 Å². The Labute approximate surface area is 202 Å². The van der Waals surface area contributed by atoms with E-state index in [0.717, 1.165) is 24.3 Å². The summed E-state index contributed by atoms with van der Waals surface area (Å²) in [4.78, 5) is 0. The molecule has 0 aromatic heterocycles. The highest BCUT2D eigenvalue weighted by Crippen LogP contribution is 2.69. The molecule has 6 nitrogen and oxygen atoms in total. The van der Waals surface area contributed by atoms with E-state index in [2.05, 4.69) is 0 Å². The van der Waals surface area contributed by atoms with E-state index in [1.165, 1.54) is 25.1 Å². The first-order valence-corrected chi connectivity index (χ1v) is 10.5. The van der Waals surface area contributed by atoms with E-state index in [-0.39, 0.29) is 21.2 Å². The van der Waals surface area contributed by atoms with Crippen LogP contribution in [0.25, 0.3) is 0 Å². The van der Waals surface area contributed by atoms with E-state index in [1.54, 1.807) is 0 Å². The molecule has 2 bridgehead atoms. The highest BCUT2D eigenvalue weighted by molar-refractivity contribution is 6.35. The van der Waals surface area contributed by atoms with Crippen LogP contribution in [0, 0.1) is 56.2 Å². The Hall–Kier alpha value is -3.29. The van der Waals surface area contributed by atoms with Gasteiger partial charge in [0.25, 0.3) is 0 Å². The van der Waals surface area contributed by atoms with Crippen molar-refractivity contribution in [2.45, 2.75) is 25.0 Å². The van der Waals surface area contributed by atoms with E-state index in [9.17, 15) is 29.0 Å². The smallest absolute Gasteiger partial charge is 0.416 e. The molecule has 2 aliphatic heterocycles. The molecule has 2 aromatic carbocycles. The first-order valence-electron chi connectivity index (χ1n) is 9.76. The molecule has 0 radical (unpaired) electrons. The molecule has 2 heterocycles. The zero-order valence-corrected chi connectivity index (χ0v) is 18.8. The SMILES string of the molecule is CC1C2(c3ccc(Cl)cc3Cl)OC(=N)C1(C#N)C(C#N)(C#N)C(c1ccc(C(F)(F)F)cc1)O2. The van der Waals surface area contributed by atoms with Gasteiger partial charge >= 0.3 is 6.18 Å². The van der Waals surface area contributed by atoms with Gasteiger partial charge in [-0.1, -0.05) is 42.3 Å². The van der Waals surface area contributed by atoms with Gasteiger partial charge in [0.15, 0.2) is 5.41 Å². The fourth-order valence-corrected chi connectivity index (χ4v) is 5.30. The Kier molecular flexibility index (Phi) is 5.34. The van der Waals surface area contributed by atoms with Crippen LogP contribution in [0.5, 0.6) is 0 Å². The Morgan fingerprint density at radius 3 is 2.12 bits per heavy atom. The van der Waals surface area contributed by atoms with Gasteiger partial charge in [-0.15, -0.1) is 0 Å². The van der Waals surface area contributed by atoms with Crippen molar-refractivity contribution in [3.8, 4) is 18.2 Å². The minimum absolute atomic E-state index is 0.0235. The lowest BCUT2D eigenvalue weighted by atomic mass is 9.53. The normalized spacial score (nSPS) is 29.4. The summed E-state index contributed by atoms with van der Waals surface area (Å²) in [6.07, 6.45) is -6.17. The van der Waals surface area contributed by atoms with Gasteiger partial charge in [0.2, 0.25) is 17.1 Å². The van der Waals surface area contributed by atoms with Crippen molar-refractivity contribution in [2.75, 3.05) is 0 Å². The first-order chi connectivity index (χ1) is 15.9. The number of rotatable bonds is 2. The summed E-state index contributed by atoms with van der Waals surface area (Å²) < 4.78 is 51.3. The van der Waals surface area contributed by atoms with Crippen LogP contribution in [-0.2, 0) is 21.4 Å². The maximum absolute atomic E-state index is 13.1. The lowest BCUT2D eigenvalue weighted by Gasteiger charge is -2.49. The van der Waals surface area contributed by atoms with Gasteiger partial charge in [0.1, 0.15) is 6.10 Å². The van der Waals surface area contributed by atoms with Gasteiger partial charge in [-0.05, 0) is 35.9 Å². The van der Waals surface area contributed by atoms with E-state index in [1.807, 2.05) is 18.2 Å². The third kappa shape index (κ3) is 2.87. The number of halogens is 5. The van der Waals surface area contributed by atoms with Crippen LogP contribution in [0.3, 0.4) is 0 Å². The first kappa shape index (κ1) is 23.9. The molecule has 2 aromatic rings. The predicted molar refractivity (Wildman–Crippen MR) is 113 cm³/mol. The van der Waals surface area contributed by atoms with Gasteiger partial charge in [0, 0.05) is 10.6 Å². The summed E-state index contributed by atoms with van der Waals surface area (Å²) in [5, 5.41) is 39.5. The maximum atomic E-state index is 13.1. The minimum Gasteiger partial charge on any atom is -0.443 e. The average molecular weight is 505 g/mol. The van der Waals surface area contributed by atoms with Gasteiger partial charge in [-0.2, -0.15) is 29.0 Å². The van der Waals surface area contributed by atoms with Crippen molar-refractivity contribution in [1.82, 2.24) is 0 Å². The highest BCUT2D eigenvalue weighted by Gasteiger charge is 2.80. The molecule has 0 aliphatic carbocycles. The third-order valence-corrected chi connectivity index (χ3v) is 7.06. The number of nitriles is 3. The monoisotopic (exact) mass is 504 g/mol. The summed E-state index contributed by atoms with van der Waals surface area (Å²) in [6.45, 7) is 1.49. The summed E-state index contributed by atoms with van der Waals surface area (Å²) in [6, 6.07) is 13.6. The molecule has 2 fully saturated rings. The quantitative estimate of drug-likeness (QED) is 0.528. The molecule has 172 valence electrons. The highest BCUT2D eigenvalue weighted by atomic mass is 35.5. The van der Waals surface area contributed by atoms with Gasteiger partial charge < -0.3 is 9.47 Å². The van der Waals surface area contributed by atoms with Crippen molar-refractivity contribution in [3.05, 3.63) is 69.2 Å². The molecule has 34 heavy (non-hydrogen) atoms. The topological polar surface area (TPSA) is 114 Å². The summed E-state index contributed by atoms with van der Waals surface area (Å²) >= 11 is 12.4.